The smallest absolute Gasteiger partial charge is 0.0951 e. The van der Waals surface area contributed by atoms with Crippen molar-refractivity contribution >= 4 is 11.9 Å². The fourth-order valence-corrected chi connectivity index (χ4v) is 7.03. The van der Waals surface area contributed by atoms with Gasteiger partial charge >= 0.3 is 0 Å². The summed E-state index contributed by atoms with van der Waals surface area (Å²) in [5, 5.41) is 11.3. The number of nitrogens with zero attached hydrogens (tertiary/aromatic N) is 3. The number of imidazole rings is 1. The van der Waals surface area contributed by atoms with Crippen LogP contribution in [0, 0.1) is 16.7 Å². The second kappa shape index (κ2) is 5.98. The Kier molecular flexibility index (Phi) is 3.93. The van der Waals surface area contributed by atoms with Crippen LogP contribution in [0.4, 0.5) is 0 Å². The number of fused-ring (bicyclic) bond motifs is 3. The lowest BCUT2D eigenvalue weighted by atomic mass is 9.50. The highest BCUT2D eigenvalue weighted by molar-refractivity contribution is 7.96. The van der Waals surface area contributed by atoms with Crippen LogP contribution < -0.4 is 0 Å². The molecule has 1 aromatic heterocycles. The molecule has 1 N–H and O–H groups in total. The SMILES string of the molecule is CCSN1CCC2(CC1)C[C@@H]([C@H]1n3cncc3C3C=CC=CC31C)[C@@H]2O. The number of allylic oxidation sites excluding steroid dienone is 4. The van der Waals surface area contributed by atoms with E-state index in [1.165, 1.54) is 5.69 Å². The molecule has 1 saturated carbocycles. The van der Waals surface area contributed by atoms with Gasteiger partial charge in [-0.05, 0) is 24.7 Å². The fourth-order valence-electron chi connectivity index (χ4n) is 6.23. The van der Waals surface area contributed by atoms with E-state index in [0.717, 1.165) is 38.1 Å². The molecule has 0 amide bonds. The molecule has 4 nitrogen and oxygen atoms in total. The molecule has 1 aromatic rings. The van der Waals surface area contributed by atoms with E-state index in [0.29, 0.717) is 17.9 Å². The highest BCUT2D eigenvalue weighted by atomic mass is 32.2. The van der Waals surface area contributed by atoms with E-state index in [1.54, 1.807) is 0 Å². The molecule has 140 valence electrons. The van der Waals surface area contributed by atoms with Crippen LogP contribution in [0.1, 0.15) is 50.8 Å². The van der Waals surface area contributed by atoms with E-state index < -0.39 is 0 Å². The molecule has 5 rings (SSSR count). The standard InChI is InChI=1S/C21H29N3OS/c1-3-26-23-10-8-21(9-11-23)12-15(19(21)25)18-20(2)7-5-4-6-16(20)17-13-22-14-24(17)18/h4-7,13-16,18-19,25H,3,8-12H2,1-2H3/t15-,16?,18+,19-,20?/m0/s1. The van der Waals surface area contributed by atoms with E-state index in [4.69, 9.17) is 0 Å². The average molecular weight is 372 g/mol. The third kappa shape index (κ3) is 2.20. The summed E-state index contributed by atoms with van der Waals surface area (Å²) >= 11 is 1.94. The Hall–Kier alpha value is -1.04. The number of aliphatic hydroxyl groups is 1. The van der Waals surface area contributed by atoms with E-state index in [-0.39, 0.29) is 16.9 Å². The van der Waals surface area contributed by atoms with Crippen molar-refractivity contribution in [1.29, 1.82) is 0 Å². The summed E-state index contributed by atoms with van der Waals surface area (Å²) in [5.74, 6) is 1.86. The van der Waals surface area contributed by atoms with Crippen molar-refractivity contribution in [3.8, 4) is 0 Å². The van der Waals surface area contributed by atoms with Gasteiger partial charge in [0.1, 0.15) is 0 Å². The number of rotatable bonds is 3. The fraction of sp³-hybridized carbons (Fsp3) is 0.667. The summed E-state index contributed by atoms with van der Waals surface area (Å²) < 4.78 is 4.86. The molecule has 2 fully saturated rings. The van der Waals surface area contributed by atoms with Crippen LogP contribution in [0.25, 0.3) is 0 Å². The van der Waals surface area contributed by atoms with Gasteiger partial charge in [-0.25, -0.2) is 4.98 Å². The normalized spacial score (nSPS) is 40.4. The van der Waals surface area contributed by atoms with Crippen LogP contribution in [0.3, 0.4) is 0 Å². The van der Waals surface area contributed by atoms with Gasteiger partial charge in [-0.15, -0.1) is 0 Å². The van der Waals surface area contributed by atoms with Crippen LogP contribution in [-0.4, -0.2) is 43.9 Å². The minimum absolute atomic E-state index is 0.0546. The average Bonchev–Trinajstić information content (AvgIpc) is 3.20. The van der Waals surface area contributed by atoms with Gasteiger partial charge in [0, 0.05) is 54.0 Å². The zero-order valence-corrected chi connectivity index (χ0v) is 16.5. The van der Waals surface area contributed by atoms with Crippen LogP contribution in [0.2, 0.25) is 0 Å². The van der Waals surface area contributed by atoms with Crippen molar-refractivity contribution in [2.24, 2.45) is 16.7 Å². The summed E-state index contributed by atoms with van der Waals surface area (Å²) in [7, 11) is 0. The third-order valence-electron chi connectivity index (χ3n) is 7.60. The summed E-state index contributed by atoms with van der Waals surface area (Å²) in [6.45, 7) is 6.82. The maximum Gasteiger partial charge on any atom is 0.0951 e. The molecule has 2 aliphatic heterocycles. The minimum atomic E-state index is -0.189. The van der Waals surface area contributed by atoms with Gasteiger partial charge in [0.15, 0.2) is 0 Å². The molecule has 1 spiro atoms. The van der Waals surface area contributed by atoms with E-state index in [1.807, 2.05) is 24.5 Å². The van der Waals surface area contributed by atoms with Crippen molar-refractivity contribution in [2.75, 3.05) is 18.8 Å². The van der Waals surface area contributed by atoms with Crippen molar-refractivity contribution in [3.05, 3.63) is 42.5 Å². The van der Waals surface area contributed by atoms with Crippen molar-refractivity contribution < 1.29 is 5.11 Å². The first kappa shape index (κ1) is 17.1. The Balaban J connectivity index is 1.39. The Labute approximate surface area is 160 Å². The first-order valence-electron chi connectivity index (χ1n) is 10.0. The predicted molar refractivity (Wildman–Crippen MR) is 106 cm³/mol. The number of hydrogen-bond acceptors (Lipinski definition) is 4. The monoisotopic (exact) mass is 371 g/mol. The molecule has 3 heterocycles. The first-order chi connectivity index (χ1) is 12.6. The topological polar surface area (TPSA) is 41.3 Å². The molecule has 2 aliphatic carbocycles. The van der Waals surface area contributed by atoms with Crippen LogP contribution in [0.15, 0.2) is 36.8 Å². The third-order valence-corrected chi connectivity index (χ3v) is 8.59. The largest absolute Gasteiger partial charge is 0.392 e. The molecule has 1 saturated heterocycles. The van der Waals surface area contributed by atoms with E-state index in [9.17, 15) is 5.11 Å². The van der Waals surface area contributed by atoms with Crippen molar-refractivity contribution in [2.45, 2.75) is 51.2 Å². The highest BCUT2D eigenvalue weighted by Crippen LogP contribution is 2.65. The zero-order chi connectivity index (χ0) is 17.9. The maximum absolute atomic E-state index is 11.3. The van der Waals surface area contributed by atoms with Crippen LogP contribution >= 0.6 is 11.9 Å². The summed E-state index contributed by atoms with van der Waals surface area (Å²) in [6.07, 6.45) is 16.3. The quantitative estimate of drug-likeness (QED) is 0.821. The number of piperidine rings is 1. The Morgan fingerprint density at radius 3 is 2.85 bits per heavy atom. The Morgan fingerprint density at radius 2 is 2.12 bits per heavy atom. The predicted octanol–water partition coefficient (Wildman–Crippen LogP) is 3.78. The summed E-state index contributed by atoms with van der Waals surface area (Å²) in [4.78, 5) is 4.43. The lowest BCUT2D eigenvalue weighted by molar-refractivity contribution is -0.165. The van der Waals surface area contributed by atoms with Gasteiger partial charge in [0.2, 0.25) is 0 Å². The molecule has 26 heavy (non-hydrogen) atoms. The van der Waals surface area contributed by atoms with Crippen molar-refractivity contribution in [3.63, 3.8) is 0 Å². The molecule has 5 heteroatoms. The number of aliphatic hydroxyl groups excluding tert-OH is 1. The van der Waals surface area contributed by atoms with E-state index >= 15 is 0 Å². The van der Waals surface area contributed by atoms with Crippen LogP contribution in [-0.2, 0) is 0 Å². The molecule has 0 aromatic carbocycles. The molecule has 4 aliphatic rings. The lowest BCUT2D eigenvalue weighted by Gasteiger charge is -2.59. The van der Waals surface area contributed by atoms with Gasteiger partial charge in [-0.2, -0.15) is 0 Å². The number of aromatic nitrogens is 2. The van der Waals surface area contributed by atoms with Crippen LogP contribution in [0.5, 0.6) is 0 Å². The van der Waals surface area contributed by atoms with Gasteiger partial charge in [0.05, 0.1) is 12.4 Å². The highest BCUT2D eigenvalue weighted by Gasteiger charge is 2.62. The van der Waals surface area contributed by atoms with Gasteiger partial charge in [-0.3, -0.25) is 4.31 Å². The Bertz CT molecular complexity index is 748. The summed E-state index contributed by atoms with van der Waals surface area (Å²) in [5.41, 5.74) is 1.51. The molecular formula is C21H29N3OS. The first-order valence-corrected chi connectivity index (χ1v) is 11.0. The van der Waals surface area contributed by atoms with Gasteiger partial charge < -0.3 is 9.67 Å². The maximum atomic E-state index is 11.3. The molecule has 0 bridgehead atoms. The minimum Gasteiger partial charge on any atom is -0.392 e. The second-order valence-electron chi connectivity index (χ2n) is 8.78. The molecule has 0 radical (unpaired) electrons. The summed E-state index contributed by atoms with van der Waals surface area (Å²) in [6, 6.07) is 0.315. The molecule has 2 unspecified atom stereocenters. The molecular weight excluding hydrogens is 342 g/mol. The van der Waals surface area contributed by atoms with E-state index in [2.05, 4.69) is 52.0 Å². The molecule has 5 atom stereocenters. The second-order valence-corrected chi connectivity index (χ2v) is 10.1. The number of hydrogen-bond donors (Lipinski definition) is 1. The van der Waals surface area contributed by atoms with Gasteiger partial charge in [0.25, 0.3) is 0 Å². The zero-order valence-electron chi connectivity index (χ0n) is 15.7. The lowest BCUT2D eigenvalue weighted by Crippen LogP contribution is -2.60. The van der Waals surface area contributed by atoms with Gasteiger partial charge in [-0.1, -0.05) is 50.1 Å². The Morgan fingerprint density at radius 1 is 1.31 bits per heavy atom. The van der Waals surface area contributed by atoms with Crippen molar-refractivity contribution in [1.82, 2.24) is 13.9 Å².